The van der Waals surface area contributed by atoms with E-state index in [0.29, 0.717) is 5.69 Å². The minimum Gasteiger partial charge on any atom is -0.357 e. The van der Waals surface area contributed by atoms with Crippen LogP contribution in [0.2, 0.25) is 10.0 Å². The van der Waals surface area contributed by atoms with Gasteiger partial charge in [0.1, 0.15) is 16.3 Å². The van der Waals surface area contributed by atoms with Crippen molar-refractivity contribution in [2.75, 3.05) is 12.3 Å². The van der Waals surface area contributed by atoms with Crippen molar-refractivity contribution in [3.05, 3.63) is 52.1 Å². The fourth-order valence-electron chi connectivity index (χ4n) is 2.68. The minimum absolute atomic E-state index is 0. The number of hydrogen-bond donors (Lipinski definition) is 3. The van der Waals surface area contributed by atoms with Gasteiger partial charge in [-0.25, -0.2) is 13.1 Å². The van der Waals surface area contributed by atoms with Crippen LogP contribution in [0.5, 0.6) is 0 Å². The summed E-state index contributed by atoms with van der Waals surface area (Å²) in [5.74, 6) is -0.784. The normalized spacial score (nSPS) is 12.4. The summed E-state index contributed by atoms with van der Waals surface area (Å²) in [6.07, 6.45) is 0. The van der Waals surface area contributed by atoms with Gasteiger partial charge in [0.15, 0.2) is 0 Å². The molecule has 0 bridgehead atoms. The number of azo groups is 1. The molecule has 3 aromatic rings. The van der Waals surface area contributed by atoms with E-state index < -0.39 is 32.4 Å². The van der Waals surface area contributed by atoms with Crippen LogP contribution in [0.3, 0.4) is 0 Å². The predicted molar refractivity (Wildman–Crippen MR) is 121 cm³/mol. The summed E-state index contributed by atoms with van der Waals surface area (Å²) in [5, 5.41) is 8.99. The number of nitrogens with zero attached hydrogens (tertiary/aromatic N) is 2. The molecule has 0 fully saturated rings. The monoisotopic (exact) mass is 513 g/mol. The number of H-pyrrole nitrogens is 1. The molecule has 3 N–H and O–H groups in total. The first-order chi connectivity index (χ1) is 14.0. The molecule has 0 saturated carbocycles. The zero-order valence-electron chi connectivity index (χ0n) is 16.4. The summed E-state index contributed by atoms with van der Waals surface area (Å²) in [6, 6.07) is 9.88. The van der Waals surface area contributed by atoms with Gasteiger partial charge in [-0.05, 0) is 25.1 Å². The second-order valence-corrected chi connectivity index (χ2v) is 10.4. The van der Waals surface area contributed by atoms with Crippen molar-refractivity contribution >= 4 is 95.2 Å². The smallest absolute Gasteiger partial charge is 0.266 e. The number of fused-ring (bicyclic) bond motifs is 1. The quantitative estimate of drug-likeness (QED) is 0.249. The molecular formula is C17H16Cl2N4NaO5S2. The zero-order chi connectivity index (χ0) is 22.1. The predicted octanol–water partition coefficient (Wildman–Crippen LogP) is 3.98. The molecule has 0 amide bonds. The third-order valence-electron chi connectivity index (χ3n) is 4.06. The maximum absolute atomic E-state index is 12.3. The number of para-hydroxylation sites is 1. The Labute approximate surface area is 211 Å². The van der Waals surface area contributed by atoms with E-state index in [0.717, 1.165) is 22.7 Å². The van der Waals surface area contributed by atoms with Crippen molar-refractivity contribution in [3.63, 3.8) is 0 Å². The van der Waals surface area contributed by atoms with Crippen molar-refractivity contribution in [2.24, 2.45) is 10.2 Å². The molecule has 0 saturated heterocycles. The van der Waals surface area contributed by atoms with Crippen LogP contribution in [-0.4, -0.2) is 68.2 Å². The molecular weight excluding hydrogens is 498 g/mol. The summed E-state index contributed by atoms with van der Waals surface area (Å²) in [6.45, 7) is 1.31. The van der Waals surface area contributed by atoms with Gasteiger partial charge in [0.25, 0.3) is 10.1 Å². The van der Waals surface area contributed by atoms with E-state index in [1.54, 1.807) is 0 Å². The van der Waals surface area contributed by atoms with Crippen molar-refractivity contribution in [1.29, 1.82) is 0 Å². The second kappa shape index (κ2) is 10.3. The van der Waals surface area contributed by atoms with Gasteiger partial charge in [-0.1, -0.05) is 41.4 Å². The van der Waals surface area contributed by atoms with E-state index in [2.05, 4.69) is 15.2 Å². The number of halogens is 2. The maximum Gasteiger partial charge on any atom is 0.266 e. The summed E-state index contributed by atoms with van der Waals surface area (Å²) >= 11 is 12.3. The van der Waals surface area contributed by atoms with Gasteiger partial charge in [0.05, 0.1) is 15.8 Å². The molecule has 161 valence electrons. The molecule has 2 aromatic carbocycles. The first-order valence-electron chi connectivity index (χ1n) is 8.41. The van der Waals surface area contributed by atoms with Gasteiger partial charge in [-0.15, -0.1) is 10.2 Å². The van der Waals surface area contributed by atoms with Gasteiger partial charge in [-0.2, -0.15) is 8.42 Å². The third-order valence-corrected chi connectivity index (χ3v) is 7.01. The van der Waals surface area contributed by atoms with E-state index in [9.17, 15) is 16.8 Å². The average Bonchev–Trinajstić information content (AvgIpc) is 2.96. The van der Waals surface area contributed by atoms with Gasteiger partial charge in [0, 0.05) is 52.7 Å². The van der Waals surface area contributed by atoms with E-state index in [4.69, 9.17) is 27.8 Å². The summed E-state index contributed by atoms with van der Waals surface area (Å²) < 4.78 is 56.9. The molecule has 31 heavy (non-hydrogen) atoms. The molecule has 0 aliphatic heterocycles. The molecule has 9 nitrogen and oxygen atoms in total. The molecule has 0 atom stereocenters. The Balaban J connectivity index is 0.00000341. The summed E-state index contributed by atoms with van der Waals surface area (Å²) in [5.41, 5.74) is 2.46. The van der Waals surface area contributed by atoms with Crippen molar-refractivity contribution in [1.82, 2.24) is 9.71 Å². The molecule has 3 rings (SSSR count). The van der Waals surface area contributed by atoms with Crippen molar-refractivity contribution < 1.29 is 21.4 Å². The largest absolute Gasteiger partial charge is 0.357 e. The minimum atomic E-state index is -4.32. The van der Waals surface area contributed by atoms with Crippen LogP contribution in [0.25, 0.3) is 10.9 Å². The van der Waals surface area contributed by atoms with Crippen LogP contribution < -0.4 is 4.72 Å². The Morgan fingerprint density at radius 3 is 2.42 bits per heavy atom. The molecule has 0 unspecified atom stereocenters. The molecule has 14 heteroatoms. The maximum atomic E-state index is 12.3. The summed E-state index contributed by atoms with van der Waals surface area (Å²) in [7, 11) is -8.48. The molecule has 0 aliphatic rings. The Kier molecular flexibility index (Phi) is 8.70. The van der Waals surface area contributed by atoms with Crippen molar-refractivity contribution in [3.8, 4) is 0 Å². The molecule has 0 aliphatic carbocycles. The first-order valence-corrected chi connectivity index (χ1v) is 12.3. The topological polar surface area (TPSA) is 141 Å². The molecule has 1 aromatic heterocycles. The Hall–Kier alpha value is -1.02. The van der Waals surface area contributed by atoms with Crippen LogP contribution in [0, 0.1) is 6.92 Å². The van der Waals surface area contributed by atoms with Gasteiger partial charge in [-0.3, -0.25) is 4.55 Å². The summed E-state index contributed by atoms with van der Waals surface area (Å²) in [4.78, 5) is 2.83. The van der Waals surface area contributed by atoms with Gasteiger partial charge < -0.3 is 4.98 Å². The number of nitrogens with one attached hydrogen (secondary N) is 2. The van der Waals surface area contributed by atoms with Crippen molar-refractivity contribution in [2.45, 2.75) is 11.8 Å². The van der Waals surface area contributed by atoms with E-state index >= 15 is 0 Å². The number of aromatic amines is 1. The fourth-order valence-corrected chi connectivity index (χ4v) is 5.01. The van der Waals surface area contributed by atoms with E-state index in [1.165, 1.54) is 6.07 Å². The molecule has 0 spiro atoms. The number of aryl methyl sites for hydroxylation is 1. The fraction of sp³-hybridized carbons (Fsp3) is 0.176. The van der Waals surface area contributed by atoms with Crippen LogP contribution in [0.15, 0.2) is 51.5 Å². The Bertz CT molecular complexity index is 1360. The molecule has 1 heterocycles. The van der Waals surface area contributed by atoms with Crippen LogP contribution in [-0.2, 0) is 20.1 Å². The number of sulfonamides is 1. The number of benzene rings is 2. The Morgan fingerprint density at radius 1 is 1.06 bits per heavy atom. The average molecular weight is 514 g/mol. The van der Waals surface area contributed by atoms with Gasteiger partial charge >= 0.3 is 0 Å². The first kappa shape index (κ1) is 26.2. The standard InChI is InChI=1S/C17H16Cl2N4O5S2.Na/c1-10-17(11-4-2-3-5-14(11)21-10)23-22-15-8-13(19)16(9-12(15)18)30(27,28)20-6-7-29(24,25)26;/h2-5,8-9,20-21H,6-7H2,1H3,(H,24,25,26);. The number of aromatic nitrogens is 1. The Morgan fingerprint density at radius 2 is 1.74 bits per heavy atom. The SMILES string of the molecule is Cc1[nH]c2ccccc2c1N=Nc1cc(Cl)c(S(=O)(=O)NCCS(=O)(=O)O)cc1Cl.[Na]. The van der Waals surface area contributed by atoms with Crippen LogP contribution in [0.1, 0.15) is 5.69 Å². The van der Waals surface area contributed by atoms with E-state index in [1.807, 2.05) is 35.9 Å². The molecule has 1 radical (unpaired) electrons. The van der Waals surface area contributed by atoms with Crippen LogP contribution in [0.4, 0.5) is 11.4 Å². The zero-order valence-corrected chi connectivity index (χ0v) is 21.6. The number of hydrogen-bond acceptors (Lipinski definition) is 6. The number of rotatable bonds is 7. The second-order valence-electron chi connectivity index (χ2n) is 6.26. The van der Waals surface area contributed by atoms with E-state index in [-0.39, 0.29) is 50.2 Å². The van der Waals surface area contributed by atoms with Gasteiger partial charge in [0.2, 0.25) is 10.0 Å². The third kappa shape index (κ3) is 6.50. The van der Waals surface area contributed by atoms with Crippen LogP contribution >= 0.6 is 23.2 Å².